The van der Waals surface area contributed by atoms with Crippen molar-refractivity contribution in [3.63, 3.8) is 0 Å². The van der Waals surface area contributed by atoms with Gasteiger partial charge in [0.1, 0.15) is 5.75 Å². The standard InChI is InChI=1S/C21H21NO5/c1-24-15-6-7-17-16(11-15)13(12-22-17)5-8-18(23)14-9-19(25-2)21(27-4)20(10-14)26-3/h5-12,22H,1-4H3/b8-5+. The van der Waals surface area contributed by atoms with E-state index in [4.69, 9.17) is 18.9 Å². The summed E-state index contributed by atoms with van der Waals surface area (Å²) < 4.78 is 21.2. The Balaban J connectivity index is 1.93. The molecule has 3 aromatic rings. The van der Waals surface area contributed by atoms with Gasteiger partial charge in [0.05, 0.1) is 28.4 Å². The number of H-pyrrole nitrogens is 1. The fourth-order valence-electron chi connectivity index (χ4n) is 2.87. The summed E-state index contributed by atoms with van der Waals surface area (Å²) >= 11 is 0. The average molecular weight is 367 g/mol. The van der Waals surface area contributed by atoms with Crippen LogP contribution in [0.5, 0.6) is 23.0 Å². The lowest BCUT2D eigenvalue weighted by Crippen LogP contribution is -2.00. The van der Waals surface area contributed by atoms with Gasteiger partial charge in [0.2, 0.25) is 5.75 Å². The molecule has 6 heteroatoms. The number of carbonyl (C=O) groups excluding carboxylic acids is 1. The molecule has 1 N–H and O–H groups in total. The lowest BCUT2D eigenvalue weighted by atomic mass is 10.1. The van der Waals surface area contributed by atoms with Gasteiger partial charge < -0.3 is 23.9 Å². The van der Waals surface area contributed by atoms with E-state index in [0.29, 0.717) is 22.8 Å². The maximum absolute atomic E-state index is 12.7. The molecule has 1 heterocycles. The van der Waals surface area contributed by atoms with Crippen molar-refractivity contribution in [3.05, 3.63) is 53.7 Å². The molecule has 27 heavy (non-hydrogen) atoms. The van der Waals surface area contributed by atoms with E-state index < -0.39 is 0 Å². The van der Waals surface area contributed by atoms with Gasteiger partial charge >= 0.3 is 0 Å². The zero-order valence-corrected chi connectivity index (χ0v) is 15.7. The third kappa shape index (κ3) is 3.60. The van der Waals surface area contributed by atoms with Gasteiger partial charge in [-0.25, -0.2) is 0 Å². The molecule has 0 aliphatic rings. The van der Waals surface area contributed by atoms with Crippen molar-refractivity contribution in [3.8, 4) is 23.0 Å². The van der Waals surface area contributed by atoms with Crippen LogP contribution in [0.3, 0.4) is 0 Å². The molecule has 0 saturated heterocycles. The molecule has 0 unspecified atom stereocenters. The highest BCUT2D eigenvalue weighted by atomic mass is 16.5. The minimum atomic E-state index is -0.175. The fraction of sp³-hybridized carbons (Fsp3) is 0.190. The average Bonchev–Trinajstić information content (AvgIpc) is 3.12. The second-order valence-corrected chi connectivity index (χ2v) is 5.77. The molecule has 0 fully saturated rings. The number of hydrogen-bond donors (Lipinski definition) is 1. The van der Waals surface area contributed by atoms with E-state index in [1.54, 1.807) is 25.3 Å². The zero-order chi connectivity index (χ0) is 19.4. The Labute approximate surface area is 157 Å². The monoisotopic (exact) mass is 367 g/mol. The Bertz CT molecular complexity index is 978. The van der Waals surface area contributed by atoms with Crippen molar-refractivity contribution in [1.82, 2.24) is 4.98 Å². The van der Waals surface area contributed by atoms with Crippen molar-refractivity contribution in [2.24, 2.45) is 0 Å². The Morgan fingerprint density at radius 1 is 0.926 bits per heavy atom. The summed E-state index contributed by atoms with van der Waals surface area (Å²) in [7, 11) is 6.17. The first kappa shape index (κ1) is 18.4. The fourth-order valence-corrected chi connectivity index (χ4v) is 2.87. The molecule has 0 aliphatic carbocycles. The number of benzene rings is 2. The Morgan fingerprint density at radius 2 is 1.63 bits per heavy atom. The van der Waals surface area contributed by atoms with Crippen molar-refractivity contribution in [1.29, 1.82) is 0 Å². The van der Waals surface area contributed by atoms with Gasteiger partial charge in [-0.05, 0) is 42.5 Å². The van der Waals surface area contributed by atoms with Gasteiger partial charge in [-0.2, -0.15) is 0 Å². The number of allylic oxidation sites excluding steroid dienone is 1. The van der Waals surface area contributed by atoms with Gasteiger partial charge in [-0.15, -0.1) is 0 Å². The molecule has 0 saturated carbocycles. The van der Waals surface area contributed by atoms with E-state index in [1.807, 2.05) is 24.4 Å². The molecular weight excluding hydrogens is 346 g/mol. The summed E-state index contributed by atoms with van der Waals surface area (Å²) in [5.74, 6) is 1.90. The normalized spacial score (nSPS) is 11.0. The number of ketones is 1. The van der Waals surface area contributed by atoms with E-state index in [-0.39, 0.29) is 5.78 Å². The highest BCUT2D eigenvalue weighted by molar-refractivity contribution is 6.08. The van der Waals surface area contributed by atoms with Gasteiger partial charge in [0.25, 0.3) is 0 Å². The molecule has 0 bridgehead atoms. The molecule has 0 amide bonds. The number of nitrogens with one attached hydrogen (secondary N) is 1. The first-order chi connectivity index (χ1) is 13.1. The van der Waals surface area contributed by atoms with E-state index in [9.17, 15) is 4.79 Å². The summed E-state index contributed by atoms with van der Waals surface area (Å²) in [5, 5.41) is 0.975. The number of aromatic nitrogens is 1. The number of ether oxygens (including phenoxy) is 4. The van der Waals surface area contributed by atoms with Crippen LogP contribution in [0.15, 0.2) is 42.6 Å². The van der Waals surface area contributed by atoms with Gasteiger partial charge in [-0.1, -0.05) is 0 Å². The van der Waals surface area contributed by atoms with Crippen LogP contribution in [0, 0.1) is 0 Å². The molecule has 3 rings (SSSR count). The van der Waals surface area contributed by atoms with E-state index in [1.165, 1.54) is 27.4 Å². The summed E-state index contributed by atoms with van der Waals surface area (Å²) in [6, 6.07) is 9.01. The van der Waals surface area contributed by atoms with Crippen LogP contribution in [0.1, 0.15) is 15.9 Å². The smallest absolute Gasteiger partial charge is 0.203 e. The Hall–Kier alpha value is -3.41. The number of hydrogen-bond acceptors (Lipinski definition) is 5. The summed E-state index contributed by atoms with van der Waals surface area (Å²) in [6.45, 7) is 0. The van der Waals surface area contributed by atoms with E-state index in [0.717, 1.165) is 22.2 Å². The van der Waals surface area contributed by atoms with E-state index in [2.05, 4.69) is 4.98 Å². The Morgan fingerprint density at radius 3 is 2.22 bits per heavy atom. The molecular formula is C21H21NO5. The number of rotatable bonds is 7. The summed E-state index contributed by atoms with van der Waals surface area (Å²) in [4.78, 5) is 15.8. The first-order valence-corrected chi connectivity index (χ1v) is 8.28. The highest BCUT2D eigenvalue weighted by Gasteiger charge is 2.16. The van der Waals surface area contributed by atoms with Crippen molar-refractivity contribution >= 4 is 22.8 Å². The quantitative estimate of drug-likeness (QED) is 0.503. The largest absolute Gasteiger partial charge is 0.497 e. The van der Waals surface area contributed by atoms with Crippen LogP contribution >= 0.6 is 0 Å². The van der Waals surface area contributed by atoms with Crippen LogP contribution in [-0.2, 0) is 0 Å². The van der Waals surface area contributed by atoms with Crippen LogP contribution in [-0.4, -0.2) is 39.2 Å². The molecule has 2 aromatic carbocycles. The number of methoxy groups -OCH3 is 4. The third-order valence-corrected chi connectivity index (χ3v) is 4.28. The van der Waals surface area contributed by atoms with Gasteiger partial charge in [0, 0.05) is 28.2 Å². The summed E-state index contributed by atoms with van der Waals surface area (Å²) in [5.41, 5.74) is 2.30. The number of fused-ring (bicyclic) bond motifs is 1. The van der Waals surface area contributed by atoms with Crippen molar-refractivity contribution in [2.45, 2.75) is 0 Å². The van der Waals surface area contributed by atoms with Crippen LogP contribution in [0.2, 0.25) is 0 Å². The van der Waals surface area contributed by atoms with E-state index >= 15 is 0 Å². The topological polar surface area (TPSA) is 69.8 Å². The SMILES string of the molecule is COc1ccc2[nH]cc(/C=C/C(=O)c3cc(OC)c(OC)c(OC)c3)c2c1. The molecule has 0 spiro atoms. The molecule has 6 nitrogen and oxygen atoms in total. The van der Waals surface area contributed by atoms with Crippen molar-refractivity contribution in [2.75, 3.05) is 28.4 Å². The predicted molar refractivity (Wildman–Crippen MR) is 104 cm³/mol. The number of carbonyl (C=O) groups is 1. The highest BCUT2D eigenvalue weighted by Crippen LogP contribution is 2.38. The molecule has 1 aromatic heterocycles. The maximum Gasteiger partial charge on any atom is 0.203 e. The lowest BCUT2D eigenvalue weighted by Gasteiger charge is -2.13. The molecule has 0 radical (unpaired) electrons. The van der Waals surface area contributed by atoms with Crippen molar-refractivity contribution < 1.29 is 23.7 Å². The lowest BCUT2D eigenvalue weighted by molar-refractivity contribution is 0.104. The maximum atomic E-state index is 12.7. The minimum absolute atomic E-state index is 0.175. The van der Waals surface area contributed by atoms with Crippen LogP contribution in [0.25, 0.3) is 17.0 Å². The Kier molecular flexibility index (Phi) is 5.35. The molecule has 0 aliphatic heterocycles. The first-order valence-electron chi connectivity index (χ1n) is 8.28. The predicted octanol–water partition coefficient (Wildman–Crippen LogP) is 4.10. The van der Waals surface area contributed by atoms with Gasteiger partial charge in [-0.3, -0.25) is 4.79 Å². The van der Waals surface area contributed by atoms with Crippen LogP contribution in [0.4, 0.5) is 0 Å². The number of aromatic amines is 1. The third-order valence-electron chi connectivity index (χ3n) is 4.28. The second kappa shape index (κ2) is 7.86. The zero-order valence-electron chi connectivity index (χ0n) is 15.7. The molecule has 140 valence electrons. The minimum Gasteiger partial charge on any atom is -0.497 e. The summed E-state index contributed by atoms with van der Waals surface area (Å²) in [6.07, 6.45) is 5.13. The molecule has 0 atom stereocenters. The second-order valence-electron chi connectivity index (χ2n) is 5.77. The van der Waals surface area contributed by atoms with Crippen LogP contribution < -0.4 is 18.9 Å². The van der Waals surface area contributed by atoms with Gasteiger partial charge in [0.15, 0.2) is 17.3 Å².